The number of methoxy groups -OCH3 is 1. The summed E-state index contributed by atoms with van der Waals surface area (Å²) >= 11 is 0. The molecule has 0 saturated carbocycles. The van der Waals surface area contributed by atoms with Crippen molar-refractivity contribution in [3.8, 4) is 11.5 Å². The van der Waals surface area contributed by atoms with Gasteiger partial charge in [0.2, 0.25) is 5.91 Å². The minimum absolute atomic E-state index is 0.00346. The SMILES string of the molecule is COc1ccc(CCC(=O)N(C)CCOc2ccc(C)cc2)cc1F. The Labute approximate surface area is 148 Å². The summed E-state index contributed by atoms with van der Waals surface area (Å²) in [4.78, 5) is 13.8. The van der Waals surface area contributed by atoms with Crippen molar-refractivity contribution in [2.24, 2.45) is 0 Å². The van der Waals surface area contributed by atoms with Crippen LogP contribution in [0.25, 0.3) is 0 Å². The van der Waals surface area contributed by atoms with Crippen molar-refractivity contribution in [2.75, 3.05) is 27.3 Å². The van der Waals surface area contributed by atoms with Gasteiger partial charge in [-0.25, -0.2) is 4.39 Å². The van der Waals surface area contributed by atoms with Crippen LogP contribution in [-0.4, -0.2) is 38.1 Å². The molecule has 0 N–H and O–H groups in total. The number of hydrogen-bond donors (Lipinski definition) is 0. The van der Waals surface area contributed by atoms with Gasteiger partial charge in [0.05, 0.1) is 13.7 Å². The third-order valence-corrected chi connectivity index (χ3v) is 3.99. The summed E-state index contributed by atoms with van der Waals surface area (Å²) in [6, 6.07) is 12.6. The van der Waals surface area contributed by atoms with Crippen molar-refractivity contribution in [1.82, 2.24) is 4.90 Å². The number of carbonyl (C=O) groups excluding carboxylic acids is 1. The number of ether oxygens (including phenoxy) is 2. The Morgan fingerprint density at radius 3 is 2.52 bits per heavy atom. The lowest BCUT2D eigenvalue weighted by Crippen LogP contribution is -2.31. The van der Waals surface area contributed by atoms with Crippen LogP contribution in [0.1, 0.15) is 17.5 Å². The Morgan fingerprint density at radius 1 is 1.16 bits per heavy atom. The van der Waals surface area contributed by atoms with Crippen LogP contribution in [0.2, 0.25) is 0 Å². The molecule has 0 aliphatic heterocycles. The number of halogens is 1. The van der Waals surface area contributed by atoms with Crippen LogP contribution in [-0.2, 0) is 11.2 Å². The zero-order chi connectivity index (χ0) is 18.2. The van der Waals surface area contributed by atoms with Gasteiger partial charge in [0.25, 0.3) is 0 Å². The molecule has 0 aliphatic rings. The zero-order valence-corrected chi connectivity index (χ0v) is 14.9. The Morgan fingerprint density at radius 2 is 1.88 bits per heavy atom. The molecule has 0 spiro atoms. The molecule has 0 aliphatic carbocycles. The maximum Gasteiger partial charge on any atom is 0.222 e. The Hall–Kier alpha value is -2.56. The molecule has 4 nitrogen and oxygen atoms in total. The van der Waals surface area contributed by atoms with Gasteiger partial charge < -0.3 is 14.4 Å². The molecule has 0 saturated heterocycles. The van der Waals surface area contributed by atoms with E-state index < -0.39 is 5.82 Å². The van der Waals surface area contributed by atoms with E-state index in [9.17, 15) is 9.18 Å². The van der Waals surface area contributed by atoms with Gasteiger partial charge in [-0.3, -0.25) is 4.79 Å². The highest BCUT2D eigenvalue weighted by Crippen LogP contribution is 2.18. The molecule has 134 valence electrons. The first-order valence-electron chi connectivity index (χ1n) is 8.25. The van der Waals surface area contributed by atoms with Crippen LogP contribution in [0.5, 0.6) is 11.5 Å². The van der Waals surface area contributed by atoms with Gasteiger partial charge in [-0.2, -0.15) is 0 Å². The van der Waals surface area contributed by atoms with Crippen LogP contribution in [0.15, 0.2) is 42.5 Å². The molecular weight excluding hydrogens is 321 g/mol. The smallest absolute Gasteiger partial charge is 0.222 e. The molecule has 1 amide bonds. The summed E-state index contributed by atoms with van der Waals surface area (Å²) in [5.41, 5.74) is 1.95. The lowest BCUT2D eigenvalue weighted by atomic mass is 10.1. The van der Waals surface area contributed by atoms with E-state index in [1.165, 1.54) is 18.7 Å². The van der Waals surface area contributed by atoms with E-state index in [1.807, 2.05) is 31.2 Å². The zero-order valence-electron chi connectivity index (χ0n) is 14.9. The number of hydrogen-bond acceptors (Lipinski definition) is 3. The summed E-state index contributed by atoms with van der Waals surface area (Å²) in [6.45, 7) is 2.96. The molecular formula is C20H24FNO3. The molecule has 0 bridgehead atoms. The molecule has 0 aromatic heterocycles. The first kappa shape index (κ1) is 18.8. The van der Waals surface area contributed by atoms with Crippen LogP contribution in [0, 0.1) is 12.7 Å². The van der Waals surface area contributed by atoms with Gasteiger partial charge in [-0.05, 0) is 43.2 Å². The fourth-order valence-electron chi connectivity index (χ4n) is 2.37. The first-order valence-corrected chi connectivity index (χ1v) is 8.25. The third-order valence-electron chi connectivity index (χ3n) is 3.99. The van der Waals surface area contributed by atoms with E-state index in [0.717, 1.165) is 11.3 Å². The molecule has 25 heavy (non-hydrogen) atoms. The minimum atomic E-state index is -0.410. The number of nitrogens with zero attached hydrogens (tertiary/aromatic N) is 1. The van der Waals surface area contributed by atoms with E-state index in [1.54, 1.807) is 24.1 Å². The molecule has 2 aromatic carbocycles. The molecule has 0 atom stereocenters. The summed E-state index contributed by atoms with van der Waals surface area (Å²) in [6.07, 6.45) is 0.815. The molecule has 5 heteroatoms. The van der Waals surface area contributed by atoms with Crippen molar-refractivity contribution < 1.29 is 18.7 Å². The molecule has 0 radical (unpaired) electrons. The van der Waals surface area contributed by atoms with Crippen molar-refractivity contribution in [3.05, 3.63) is 59.4 Å². The second-order valence-corrected chi connectivity index (χ2v) is 5.95. The topological polar surface area (TPSA) is 38.8 Å². The lowest BCUT2D eigenvalue weighted by molar-refractivity contribution is -0.130. The number of aryl methyl sites for hydroxylation is 2. The van der Waals surface area contributed by atoms with E-state index in [-0.39, 0.29) is 11.7 Å². The normalized spacial score (nSPS) is 10.4. The van der Waals surface area contributed by atoms with Gasteiger partial charge in [-0.1, -0.05) is 23.8 Å². The van der Waals surface area contributed by atoms with E-state index >= 15 is 0 Å². The molecule has 2 aromatic rings. The second kappa shape index (κ2) is 9.06. The van der Waals surface area contributed by atoms with Crippen molar-refractivity contribution in [1.29, 1.82) is 0 Å². The Kier molecular flexibility index (Phi) is 6.81. The number of benzene rings is 2. The predicted molar refractivity (Wildman–Crippen MR) is 95.6 cm³/mol. The van der Waals surface area contributed by atoms with Crippen molar-refractivity contribution >= 4 is 5.91 Å². The largest absolute Gasteiger partial charge is 0.494 e. The van der Waals surface area contributed by atoms with E-state index in [0.29, 0.717) is 26.0 Å². The van der Waals surface area contributed by atoms with E-state index in [2.05, 4.69) is 0 Å². The van der Waals surface area contributed by atoms with Crippen molar-refractivity contribution in [2.45, 2.75) is 19.8 Å². The highest BCUT2D eigenvalue weighted by Gasteiger charge is 2.10. The third kappa shape index (κ3) is 5.78. The lowest BCUT2D eigenvalue weighted by Gasteiger charge is -2.17. The Balaban J connectivity index is 1.74. The average molecular weight is 345 g/mol. The number of carbonyl (C=O) groups is 1. The van der Waals surface area contributed by atoms with Gasteiger partial charge in [0, 0.05) is 13.5 Å². The maximum atomic E-state index is 13.6. The fraction of sp³-hybridized carbons (Fsp3) is 0.350. The highest BCUT2D eigenvalue weighted by molar-refractivity contribution is 5.76. The van der Waals surface area contributed by atoms with Gasteiger partial charge in [-0.15, -0.1) is 0 Å². The summed E-state index contributed by atoms with van der Waals surface area (Å²) in [5, 5.41) is 0. The summed E-state index contributed by atoms with van der Waals surface area (Å²) < 4.78 is 24.2. The number of rotatable bonds is 8. The monoisotopic (exact) mass is 345 g/mol. The maximum absolute atomic E-state index is 13.6. The Bertz CT molecular complexity index is 701. The predicted octanol–water partition coefficient (Wildman–Crippen LogP) is 3.61. The van der Waals surface area contributed by atoms with Crippen LogP contribution in [0.3, 0.4) is 0 Å². The van der Waals surface area contributed by atoms with Crippen molar-refractivity contribution in [3.63, 3.8) is 0 Å². The molecule has 0 unspecified atom stereocenters. The van der Waals surface area contributed by atoms with Crippen LogP contribution in [0.4, 0.5) is 4.39 Å². The quantitative estimate of drug-likeness (QED) is 0.734. The molecule has 2 rings (SSSR count). The number of likely N-dealkylation sites (N-methyl/N-ethyl adjacent to an activating group) is 1. The second-order valence-electron chi connectivity index (χ2n) is 5.95. The van der Waals surface area contributed by atoms with Crippen LogP contribution < -0.4 is 9.47 Å². The van der Waals surface area contributed by atoms with Crippen LogP contribution >= 0.6 is 0 Å². The van der Waals surface area contributed by atoms with Gasteiger partial charge in [0.1, 0.15) is 12.4 Å². The van der Waals surface area contributed by atoms with Gasteiger partial charge >= 0.3 is 0 Å². The number of amides is 1. The highest BCUT2D eigenvalue weighted by atomic mass is 19.1. The van der Waals surface area contributed by atoms with Gasteiger partial charge in [0.15, 0.2) is 11.6 Å². The first-order chi connectivity index (χ1) is 12.0. The standard InChI is InChI=1S/C20H24FNO3/c1-15-4-8-17(9-5-15)25-13-12-22(2)20(23)11-7-16-6-10-19(24-3)18(21)14-16/h4-6,8-10,14H,7,11-13H2,1-3H3. The summed E-state index contributed by atoms with van der Waals surface area (Å²) in [5.74, 6) is 0.594. The fourth-order valence-corrected chi connectivity index (χ4v) is 2.37. The molecule has 0 fully saturated rings. The van der Waals surface area contributed by atoms with E-state index in [4.69, 9.17) is 9.47 Å². The minimum Gasteiger partial charge on any atom is -0.494 e. The summed E-state index contributed by atoms with van der Waals surface area (Å²) in [7, 11) is 3.17. The molecule has 0 heterocycles. The average Bonchev–Trinajstić information content (AvgIpc) is 2.61.